The van der Waals surface area contributed by atoms with Gasteiger partial charge in [0.05, 0.1) is 25.5 Å². The van der Waals surface area contributed by atoms with E-state index >= 15 is 0 Å². The van der Waals surface area contributed by atoms with Crippen molar-refractivity contribution >= 4 is 23.4 Å². The van der Waals surface area contributed by atoms with Gasteiger partial charge in [-0.05, 0) is 63.4 Å². The first-order chi connectivity index (χ1) is 14.8. The molecular formula is C24H30ClFN4O. The van der Waals surface area contributed by atoms with Crippen LogP contribution in [-0.2, 0) is 4.74 Å². The Morgan fingerprint density at radius 3 is 2.61 bits per heavy atom. The molecule has 31 heavy (non-hydrogen) atoms. The Bertz CT molecular complexity index is 986. The Kier molecular flexibility index (Phi) is 6.33. The predicted octanol–water partition coefficient (Wildman–Crippen LogP) is 5.05. The van der Waals surface area contributed by atoms with E-state index in [9.17, 15) is 4.39 Å². The van der Waals surface area contributed by atoms with Crippen LogP contribution in [0.2, 0.25) is 5.28 Å². The van der Waals surface area contributed by atoms with Crippen molar-refractivity contribution < 1.29 is 9.13 Å². The summed E-state index contributed by atoms with van der Waals surface area (Å²) in [4.78, 5) is 12.9. The molecule has 0 radical (unpaired) electrons. The molecule has 2 aromatic rings. The molecule has 0 aliphatic carbocycles. The van der Waals surface area contributed by atoms with Crippen LogP contribution in [0.5, 0.6) is 0 Å². The molecule has 1 saturated heterocycles. The van der Waals surface area contributed by atoms with E-state index in [4.69, 9.17) is 16.3 Å². The first-order valence-electron chi connectivity index (χ1n) is 10.9. The van der Waals surface area contributed by atoms with Gasteiger partial charge in [0, 0.05) is 35.9 Å². The van der Waals surface area contributed by atoms with E-state index in [1.165, 1.54) is 5.57 Å². The maximum atomic E-state index is 14.4. The van der Waals surface area contributed by atoms with Gasteiger partial charge in [0.1, 0.15) is 5.69 Å². The highest BCUT2D eigenvalue weighted by Crippen LogP contribution is 2.38. The number of benzene rings is 1. The zero-order chi connectivity index (χ0) is 22.3. The van der Waals surface area contributed by atoms with E-state index in [0.29, 0.717) is 17.6 Å². The number of halogens is 2. The van der Waals surface area contributed by atoms with Crippen LogP contribution in [0.1, 0.15) is 40.2 Å². The molecule has 0 N–H and O–H groups in total. The van der Waals surface area contributed by atoms with Gasteiger partial charge in [-0.15, -0.1) is 0 Å². The highest BCUT2D eigenvalue weighted by Gasteiger charge is 2.34. The summed E-state index contributed by atoms with van der Waals surface area (Å²) >= 11 is 5.94. The molecule has 1 fully saturated rings. The van der Waals surface area contributed by atoms with Gasteiger partial charge in [-0.1, -0.05) is 18.2 Å². The standard InChI is InChI=1S/C24H30ClFN4O/c1-14(2)30-21-9-19(23-20(26)10-27-24(25)28-23)7-6-18(21)8-15(3)22(30)11-29-16(4)12-31-13-17(29)5/h6-10,14,16-17,22H,11-13H2,1-5H3/t16-,17-,22?/m0/s1. The van der Waals surface area contributed by atoms with Crippen molar-refractivity contribution in [1.29, 1.82) is 0 Å². The van der Waals surface area contributed by atoms with Crippen molar-refractivity contribution in [2.45, 2.75) is 58.8 Å². The van der Waals surface area contributed by atoms with Crippen molar-refractivity contribution in [3.8, 4) is 11.3 Å². The maximum Gasteiger partial charge on any atom is 0.223 e. The molecule has 4 rings (SSSR count). The van der Waals surface area contributed by atoms with Gasteiger partial charge in [0.25, 0.3) is 0 Å². The van der Waals surface area contributed by atoms with E-state index in [1.807, 2.05) is 18.2 Å². The third-order valence-electron chi connectivity index (χ3n) is 6.33. The van der Waals surface area contributed by atoms with E-state index in [1.54, 1.807) is 0 Å². The number of rotatable bonds is 4. The Hall–Kier alpha value is -2.02. The van der Waals surface area contributed by atoms with Crippen LogP contribution in [0.3, 0.4) is 0 Å². The highest BCUT2D eigenvalue weighted by atomic mass is 35.5. The van der Waals surface area contributed by atoms with Crippen molar-refractivity contribution in [2.24, 2.45) is 0 Å². The molecule has 166 valence electrons. The summed E-state index contributed by atoms with van der Waals surface area (Å²) in [6.07, 6.45) is 3.38. The van der Waals surface area contributed by atoms with Crippen LogP contribution in [-0.4, -0.2) is 58.8 Å². The lowest BCUT2D eigenvalue weighted by molar-refractivity contribution is -0.0380. The minimum Gasteiger partial charge on any atom is -0.378 e. The predicted molar refractivity (Wildman–Crippen MR) is 124 cm³/mol. The molecule has 2 aliphatic heterocycles. The van der Waals surface area contributed by atoms with Crippen molar-refractivity contribution in [3.05, 3.63) is 46.6 Å². The van der Waals surface area contributed by atoms with Crippen LogP contribution >= 0.6 is 11.6 Å². The van der Waals surface area contributed by atoms with Gasteiger partial charge in [0.2, 0.25) is 5.28 Å². The molecule has 2 aliphatic rings. The molecule has 5 nitrogen and oxygen atoms in total. The number of hydrogen-bond acceptors (Lipinski definition) is 5. The zero-order valence-corrected chi connectivity index (χ0v) is 19.5. The first-order valence-corrected chi connectivity index (χ1v) is 11.3. The molecule has 1 unspecified atom stereocenters. The fourth-order valence-corrected chi connectivity index (χ4v) is 4.91. The SMILES string of the molecule is CC1=Cc2ccc(-c3nc(Cl)ncc3F)cc2N(C(C)C)C1CN1[C@@H](C)COC[C@@H]1C. The Balaban J connectivity index is 1.74. The number of aromatic nitrogens is 2. The molecule has 3 atom stereocenters. The summed E-state index contributed by atoms with van der Waals surface area (Å²) in [5, 5.41) is 0.0405. The highest BCUT2D eigenvalue weighted by molar-refractivity contribution is 6.28. The number of fused-ring (bicyclic) bond motifs is 1. The normalized spacial score (nSPS) is 24.3. The lowest BCUT2D eigenvalue weighted by atomic mass is 9.92. The molecule has 0 saturated carbocycles. The topological polar surface area (TPSA) is 41.5 Å². The second-order valence-electron chi connectivity index (χ2n) is 8.95. The Morgan fingerprint density at radius 1 is 1.23 bits per heavy atom. The van der Waals surface area contributed by atoms with Crippen LogP contribution in [0, 0.1) is 5.82 Å². The summed E-state index contributed by atoms with van der Waals surface area (Å²) in [6.45, 7) is 13.5. The molecule has 7 heteroatoms. The number of morpholine rings is 1. The summed E-state index contributed by atoms with van der Waals surface area (Å²) in [6, 6.07) is 7.20. The molecule has 0 bridgehead atoms. The van der Waals surface area contributed by atoms with Gasteiger partial charge < -0.3 is 9.64 Å². The average molecular weight is 445 g/mol. The number of anilines is 1. The van der Waals surface area contributed by atoms with Gasteiger partial charge in [-0.25, -0.2) is 14.4 Å². The second kappa shape index (κ2) is 8.85. The molecule has 0 amide bonds. The lowest BCUT2D eigenvalue weighted by Gasteiger charge is -2.47. The van der Waals surface area contributed by atoms with Crippen LogP contribution in [0.25, 0.3) is 17.3 Å². The minimum atomic E-state index is -0.476. The van der Waals surface area contributed by atoms with Crippen molar-refractivity contribution in [3.63, 3.8) is 0 Å². The van der Waals surface area contributed by atoms with Crippen molar-refractivity contribution in [1.82, 2.24) is 14.9 Å². The first kappa shape index (κ1) is 22.2. The van der Waals surface area contributed by atoms with Gasteiger partial charge in [-0.3, -0.25) is 4.90 Å². The van der Waals surface area contributed by atoms with Gasteiger partial charge >= 0.3 is 0 Å². The fourth-order valence-electron chi connectivity index (χ4n) is 4.78. The number of hydrogen-bond donors (Lipinski definition) is 0. The summed E-state index contributed by atoms with van der Waals surface area (Å²) in [7, 11) is 0. The molecule has 1 aromatic carbocycles. The molecule has 3 heterocycles. The van der Waals surface area contributed by atoms with E-state index in [2.05, 4.69) is 60.5 Å². The lowest BCUT2D eigenvalue weighted by Crippen LogP contribution is -2.56. The molecule has 1 aromatic heterocycles. The second-order valence-corrected chi connectivity index (χ2v) is 9.28. The monoisotopic (exact) mass is 444 g/mol. The molecule has 0 spiro atoms. The minimum absolute atomic E-state index is 0.0405. The third-order valence-corrected chi connectivity index (χ3v) is 6.51. The zero-order valence-electron chi connectivity index (χ0n) is 18.8. The van der Waals surface area contributed by atoms with E-state index < -0.39 is 5.82 Å². The Morgan fingerprint density at radius 2 is 1.94 bits per heavy atom. The largest absolute Gasteiger partial charge is 0.378 e. The van der Waals surface area contributed by atoms with E-state index in [0.717, 1.165) is 37.2 Å². The average Bonchev–Trinajstić information content (AvgIpc) is 2.72. The van der Waals surface area contributed by atoms with Gasteiger partial charge in [0.15, 0.2) is 5.82 Å². The van der Waals surface area contributed by atoms with Gasteiger partial charge in [-0.2, -0.15) is 0 Å². The third kappa shape index (κ3) is 4.34. The van der Waals surface area contributed by atoms with Crippen LogP contribution in [0.4, 0.5) is 10.1 Å². The van der Waals surface area contributed by atoms with Crippen LogP contribution in [0.15, 0.2) is 30.0 Å². The number of ether oxygens (including phenoxy) is 1. The quantitative estimate of drug-likeness (QED) is 0.617. The van der Waals surface area contributed by atoms with E-state index in [-0.39, 0.29) is 23.1 Å². The fraction of sp³-hybridized carbons (Fsp3) is 0.500. The smallest absolute Gasteiger partial charge is 0.223 e. The molecular weight excluding hydrogens is 415 g/mol. The maximum absolute atomic E-state index is 14.4. The van der Waals surface area contributed by atoms with Crippen molar-refractivity contribution in [2.75, 3.05) is 24.7 Å². The summed E-state index contributed by atoms with van der Waals surface area (Å²) in [5.41, 5.74) is 4.48. The number of nitrogens with zero attached hydrogens (tertiary/aromatic N) is 4. The Labute approximate surface area is 188 Å². The van der Waals surface area contributed by atoms with Crippen LogP contribution < -0.4 is 4.90 Å². The summed E-state index contributed by atoms with van der Waals surface area (Å²) < 4.78 is 20.2. The summed E-state index contributed by atoms with van der Waals surface area (Å²) in [5.74, 6) is -0.476.